The van der Waals surface area contributed by atoms with Crippen LogP contribution < -0.4 is 0 Å². The highest BCUT2D eigenvalue weighted by atomic mass is 32.1. The molecule has 2 unspecified atom stereocenters. The van der Waals surface area contributed by atoms with Gasteiger partial charge >= 0.3 is 0 Å². The number of carbonyl (C=O) groups is 1. The molecule has 3 aliphatic rings. The predicted molar refractivity (Wildman–Crippen MR) is 105 cm³/mol. The molecule has 6 heteroatoms. The van der Waals surface area contributed by atoms with E-state index >= 15 is 0 Å². The van der Waals surface area contributed by atoms with Crippen molar-refractivity contribution in [2.75, 3.05) is 52.4 Å². The Labute approximate surface area is 160 Å². The van der Waals surface area contributed by atoms with Gasteiger partial charge in [-0.15, -0.1) is 11.3 Å². The van der Waals surface area contributed by atoms with Crippen LogP contribution >= 0.6 is 11.3 Å². The van der Waals surface area contributed by atoms with Gasteiger partial charge in [0, 0.05) is 50.8 Å². The third-order valence-corrected chi connectivity index (χ3v) is 7.11. The summed E-state index contributed by atoms with van der Waals surface area (Å²) in [5, 5.41) is 2.18. The highest BCUT2D eigenvalue weighted by molar-refractivity contribution is 7.10. The summed E-state index contributed by atoms with van der Waals surface area (Å²) in [7, 11) is 0. The molecule has 1 amide bonds. The van der Waals surface area contributed by atoms with Crippen LogP contribution in [0, 0.1) is 0 Å². The first-order valence-corrected chi connectivity index (χ1v) is 11.0. The third kappa shape index (κ3) is 3.98. The molecule has 0 aromatic carbocycles. The van der Waals surface area contributed by atoms with E-state index in [-0.39, 0.29) is 6.04 Å². The van der Waals surface area contributed by atoms with Gasteiger partial charge < -0.3 is 9.64 Å². The van der Waals surface area contributed by atoms with E-state index in [4.69, 9.17) is 4.74 Å². The maximum Gasteiger partial charge on any atom is 0.237 e. The molecule has 1 aromatic heterocycles. The van der Waals surface area contributed by atoms with Crippen molar-refractivity contribution in [2.24, 2.45) is 0 Å². The molecule has 4 heterocycles. The van der Waals surface area contributed by atoms with Gasteiger partial charge in [0.25, 0.3) is 0 Å². The number of carbonyl (C=O) groups excluding carboxylic acids is 1. The van der Waals surface area contributed by atoms with E-state index in [0.29, 0.717) is 18.6 Å². The Morgan fingerprint density at radius 3 is 2.77 bits per heavy atom. The number of nitrogens with zero attached hydrogens (tertiary/aromatic N) is 3. The van der Waals surface area contributed by atoms with Crippen molar-refractivity contribution in [3.05, 3.63) is 21.9 Å². The number of rotatable bonds is 5. The molecule has 0 bridgehead atoms. The Morgan fingerprint density at radius 2 is 2.04 bits per heavy atom. The van der Waals surface area contributed by atoms with Gasteiger partial charge in [-0.2, -0.15) is 0 Å². The summed E-state index contributed by atoms with van der Waals surface area (Å²) in [5.41, 5.74) is 1.39. The molecule has 2 fully saturated rings. The molecule has 2 atom stereocenters. The molecule has 1 aromatic rings. The molecule has 0 N–H and O–H groups in total. The first kappa shape index (κ1) is 18.4. The first-order chi connectivity index (χ1) is 12.7. The molecule has 0 aliphatic carbocycles. The lowest BCUT2D eigenvalue weighted by Crippen LogP contribution is -2.52. The van der Waals surface area contributed by atoms with Crippen LogP contribution in [0.2, 0.25) is 0 Å². The van der Waals surface area contributed by atoms with Gasteiger partial charge in [-0.3, -0.25) is 14.6 Å². The molecular formula is C20H31N3O2S. The van der Waals surface area contributed by atoms with Crippen LogP contribution in [0.1, 0.15) is 42.7 Å². The maximum absolute atomic E-state index is 13.0. The van der Waals surface area contributed by atoms with Gasteiger partial charge in [-0.25, -0.2) is 0 Å². The van der Waals surface area contributed by atoms with Crippen molar-refractivity contribution in [1.29, 1.82) is 0 Å². The summed E-state index contributed by atoms with van der Waals surface area (Å²) in [6.07, 6.45) is 4.87. The molecule has 0 spiro atoms. The summed E-state index contributed by atoms with van der Waals surface area (Å²) in [6, 6.07) is 2.50. The van der Waals surface area contributed by atoms with E-state index in [1.807, 2.05) is 11.3 Å². The lowest BCUT2D eigenvalue weighted by Gasteiger charge is -2.39. The quantitative estimate of drug-likeness (QED) is 0.789. The standard InChI is InChI=1S/C20H31N3O2S/c1-2-18-17-6-13-26-19(17)5-7-23(18)20(24)15-22-10-8-21(9-11-22)14-16-4-3-12-25-16/h6,13,16,18H,2-5,7-12,14-15H2,1H3. The van der Waals surface area contributed by atoms with Crippen LogP contribution in [0.4, 0.5) is 0 Å². The highest BCUT2D eigenvalue weighted by Crippen LogP contribution is 2.35. The molecular weight excluding hydrogens is 346 g/mol. The van der Waals surface area contributed by atoms with Crippen LogP contribution in [0.5, 0.6) is 0 Å². The van der Waals surface area contributed by atoms with E-state index in [9.17, 15) is 4.79 Å². The minimum atomic E-state index is 0.276. The zero-order valence-electron chi connectivity index (χ0n) is 15.9. The van der Waals surface area contributed by atoms with Crippen molar-refractivity contribution in [3.8, 4) is 0 Å². The average molecular weight is 378 g/mol. The Bertz CT molecular complexity index is 606. The summed E-state index contributed by atoms with van der Waals surface area (Å²) in [5.74, 6) is 0.307. The predicted octanol–water partition coefficient (Wildman–Crippen LogP) is 2.38. The fourth-order valence-corrected chi connectivity index (χ4v) is 5.55. The Morgan fingerprint density at radius 1 is 1.23 bits per heavy atom. The van der Waals surface area contributed by atoms with E-state index in [1.165, 1.54) is 23.3 Å². The van der Waals surface area contributed by atoms with Crippen molar-refractivity contribution in [1.82, 2.24) is 14.7 Å². The molecule has 144 valence electrons. The van der Waals surface area contributed by atoms with Gasteiger partial charge in [-0.05, 0) is 42.7 Å². The number of thiophene rings is 1. The van der Waals surface area contributed by atoms with Crippen LogP contribution in [0.25, 0.3) is 0 Å². The van der Waals surface area contributed by atoms with Crippen LogP contribution in [-0.2, 0) is 16.0 Å². The number of ether oxygens (including phenoxy) is 1. The minimum Gasteiger partial charge on any atom is -0.377 e. The summed E-state index contributed by atoms with van der Waals surface area (Å²) in [6.45, 7) is 9.74. The van der Waals surface area contributed by atoms with Gasteiger partial charge in [0.15, 0.2) is 0 Å². The van der Waals surface area contributed by atoms with Gasteiger partial charge in [0.1, 0.15) is 0 Å². The SMILES string of the molecule is CCC1c2ccsc2CCN1C(=O)CN1CCN(CC2CCCO2)CC1. The van der Waals surface area contributed by atoms with Gasteiger partial charge in [0.05, 0.1) is 18.7 Å². The number of amides is 1. The first-order valence-electron chi connectivity index (χ1n) is 10.2. The van der Waals surface area contributed by atoms with Crippen molar-refractivity contribution < 1.29 is 9.53 Å². The lowest BCUT2D eigenvalue weighted by molar-refractivity contribution is -0.136. The molecule has 5 nitrogen and oxygen atoms in total. The molecule has 0 saturated carbocycles. The molecule has 26 heavy (non-hydrogen) atoms. The summed E-state index contributed by atoms with van der Waals surface area (Å²) >= 11 is 1.84. The second-order valence-electron chi connectivity index (χ2n) is 7.77. The molecule has 4 rings (SSSR count). The zero-order valence-corrected chi connectivity index (χ0v) is 16.7. The Balaban J connectivity index is 1.27. The fourth-order valence-electron chi connectivity index (χ4n) is 4.62. The largest absolute Gasteiger partial charge is 0.377 e. The normalized spacial score (nSPS) is 27.7. The Kier molecular flexibility index (Phi) is 5.93. The van der Waals surface area contributed by atoms with Crippen LogP contribution in [-0.4, -0.2) is 79.1 Å². The third-order valence-electron chi connectivity index (χ3n) is 6.11. The highest BCUT2D eigenvalue weighted by Gasteiger charge is 2.31. The topological polar surface area (TPSA) is 36.0 Å². The number of piperazine rings is 1. The average Bonchev–Trinajstić information content (AvgIpc) is 3.33. The van der Waals surface area contributed by atoms with E-state index in [0.717, 1.165) is 58.7 Å². The summed E-state index contributed by atoms with van der Waals surface area (Å²) < 4.78 is 5.76. The van der Waals surface area contributed by atoms with Crippen molar-refractivity contribution >= 4 is 17.2 Å². The van der Waals surface area contributed by atoms with Crippen LogP contribution in [0.15, 0.2) is 11.4 Å². The molecule has 0 radical (unpaired) electrons. The smallest absolute Gasteiger partial charge is 0.237 e. The Hall–Kier alpha value is -0.950. The van der Waals surface area contributed by atoms with Crippen molar-refractivity contribution in [3.63, 3.8) is 0 Å². The summed E-state index contributed by atoms with van der Waals surface area (Å²) in [4.78, 5) is 21.4. The van der Waals surface area contributed by atoms with E-state index < -0.39 is 0 Å². The zero-order chi connectivity index (χ0) is 17.9. The van der Waals surface area contributed by atoms with Gasteiger partial charge in [-0.1, -0.05) is 6.92 Å². The number of hydrogen-bond acceptors (Lipinski definition) is 5. The minimum absolute atomic E-state index is 0.276. The second kappa shape index (κ2) is 8.38. The number of hydrogen-bond donors (Lipinski definition) is 0. The second-order valence-corrected chi connectivity index (χ2v) is 8.77. The number of fused-ring (bicyclic) bond motifs is 1. The van der Waals surface area contributed by atoms with E-state index in [2.05, 4.69) is 33.1 Å². The molecule has 2 saturated heterocycles. The van der Waals surface area contributed by atoms with E-state index in [1.54, 1.807) is 0 Å². The maximum atomic E-state index is 13.0. The monoisotopic (exact) mass is 377 g/mol. The van der Waals surface area contributed by atoms with Crippen LogP contribution in [0.3, 0.4) is 0 Å². The van der Waals surface area contributed by atoms with Crippen molar-refractivity contribution in [2.45, 2.75) is 44.8 Å². The fraction of sp³-hybridized carbons (Fsp3) is 0.750. The molecule has 3 aliphatic heterocycles. The van der Waals surface area contributed by atoms with Gasteiger partial charge in [0.2, 0.25) is 5.91 Å². The lowest BCUT2D eigenvalue weighted by atomic mass is 9.97.